The van der Waals surface area contributed by atoms with Crippen molar-refractivity contribution in [2.24, 2.45) is 7.05 Å². The van der Waals surface area contributed by atoms with Gasteiger partial charge in [-0.25, -0.2) is 4.79 Å². The largest absolute Gasteiger partial charge is 0.494 e. The van der Waals surface area contributed by atoms with E-state index >= 15 is 0 Å². The van der Waals surface area contributed by atoms with E-state index in [-0.39, 0.29) is 35.5 Å². The number of hydrazine groups is 1. The highest BCUT2D eigenvalue weighted by molar-refractivity contribution is 6.33. The summed E-state index contributed by atoms with van der Waals surface area (Å²) in [5.41, 5.74) is 13.5. The van der Waals surface area contributed by atoms with Crippen LogP contribution in [-0.2, 0) is 13.5 Å². The number of nitrogens with one attached hydrogen (secondary N) is 2. The SMILES string of the molecule is Cc1cc(OCCCc2c3n(c4c(C5C(C)NNC5C)c(Cl)ccc24)[C@H](C)CN(c2cc(C(=O)O)c4cnn(C)c4c2)C3=O)cc(C)c1Cl. The fourth-order valence-electron chi connectivity index (χ4n) is 7.86. The number of hydrogen-bond donors (Lipinski definition) is 3. The molecule has 12 heteroatoms. The van der Waals surface area contributed by atoms with Gasteiger partial charge in [-0.15, -0.1) is 0 Å². The van der Waals surface area contributed by atoms with Crippen molar-refractivity contribution in [1.29, 1.82) is 0 Å². The van der Waals surface area contributed by atoms with Gasteiger partial charge in [0.1, 0.15) is 11.4 Å². The number of rotatable bonds is 8. The molecule has 10 nitrogen and oxygen atoms in total. The molecule has 1 fully saturated rings. The first-order valence-electron chi connectivity index (χ1n) is 16.6. The highest BCUT2D eigenvalue weighted by Crippen LogP contribution is 2.44. The van der Waals surface area contributed by atoms with E-state index in [9.17, 15) is 14.7 Å². The standard InChI is InChI=1S/C37H40Cl2N6O4/c1-18-12-24(13-19(2)33(18)39)49-11-7-8-25-26-9-10-29(38)32(31-21(4)41-42-22(31)5)34(26)45-20(3)17-44(36(46)35(25)45)23-14-27(37(47)48)28-16-40-43(6)30(28)15-23/h9-10,12-16,20-22,31,41-42H,7-8,11,17H2,1-6H3,(H,47,48)/t20-,21?,22?,31?/m1/s1. The monoisotopic (exact) mass is 702 g/mol. The fourth-order valence-corrected chi connectivity index (χ4v) is 8.25. The van der Waals surface area contributed by atoms with Crippen molar-refractivity contribution in [2.75, 3.05) is 18.1 Å². The van der Waals surface area contributed by atoms with E-state index in [1.165, 1.54) is 0 Å². The molecule has 0 radical (unpaired) electrons. The number of benzene rings is 3. The van der Waals surface area contributed by atoms with E-state index in [0.29, 0.717) is 53.3 Å². The molecule has 2 aromatic heterocycles. The van der Waals surface area contributed by atoms with Crippen LogP contribution in [0.2, 0.25) is 10.0 Å². The number of carboxylic acid groups (broad SMARTS) is 1. The smallest absolute Gasteiger partial charge is 0.336 e. The number of halogens is 2. The minimum absolute atomic E-state index is 0.0634. The summed E-state index contributed by atoms with van der Waals surface area (Å²) in [6.07, 6.45) is 2.80. The first-order valence-corrected chi connectivity index (χ1v) is 17.4. The van der Waals surface area contributed by atoms with Crippen molar-refractivity contribution in [3.8, 4) is 5.75 Å². The minimum Gasteiger partial charge on any atom is -0.494 e. The number of carboxylic acids is 1. The summed E-state index contributed by atoms with van der Waals surface area (Å²) >= 11 is 13.4. The Morgan fingerprint density at radius 2 is 1.73 bits per heavy atom. The zero-order valence-electron chi connectivity index (χ0n) is 28.4. The predicted octanol–water partition coefficient (Wildman–Crippen LogP) is 7.35. The molecular formula is C37H40Cl2N6O4. The van der Waals surface area contributed by atoms with Crippen LogP contribution in [-0.4, -0.2) is 56.6 Å². The summed E-state index contributed by atoms with van der Waals surface area (Å²) in [5, 5.41) is 17.3. The molecule has 1 saturated heterocycles. The van der Waals surface area contributed by atoms with Crippen molar-refractivity contribution in [2.45, 2.75) is 71.5 Å². The molecule has 2 aliphatic rings. The van der Waals surface area contributed by atoms with Crippen LogP contribution in [0.1, 0.15) is 82.3 Å². The molecule has 5 aromatic rings. The molecule has 0 aliphatic carbocycles. The third-order valence-corrected chi connectivity index (χ3v) is 11.1. The second kappa shape index (κ2) is 12.7. The van der Waals surface area contributed by atoms with Gasteiger partial charge in [0.25, 0.3) is 5.91 Å². The van der Waals surface area contributed by atoms with Gasteiger partial charge in [0.05, 0.1) is 29.4 Å². The Balaban J connectivity index is 1.34. The molecule has 256 valence electrons. The van der Waals surface area contributed by atoms with E-state index < -0.39 is 5.97 Å². The highest BCUT2D eigenvalue weighted by atomic mass is 35.5. The van der Waals surface area contributed by atoms with Crippen molar-refractivity contribution in [3.05, 3.63) is 86.2 Å². The Bertz CT molecular complexity index is 2120. The molecule has 7 rings (SSSR count). The fraction of sp³-hybridized carbons (Fsp3) is 0.378. The first kappa shape index (κ1) is 33.4. The lowest BCUT2D eigenvalue weighted by molar-refractivity contribution is 0.0698. The maximum absolute atomic E-state index is 14.8. The zero-order chi connectivity index (χ0) is 34.9. The number of anilines is 1. The van der Waals surface area contributed by atoms with Crippen LogP contribution in [0.4, 0.5) is 5.69 Å². The Hall–Kier alpha value is -4.09. The van der Waals surface area contributed by atoms with Gasteiger partial charge in [-0.2, -0.15) is 5.10 Å². The maximum Gasteiger partial charge on any atom is 0.336 e. The van der Waals surface area contributed by atoms with E-state index in [2.05, 4.69) is 41.3 Å². The number of aromatic nitrogens is 3. The Morgan fingerprint density at radius 3 is 2.41 bits per heavy atom. The second-order valence-corrected chi connectivity index (χ2v) is 14.3. The number of carbonyl (C=O) groups excluding carboxylic acids is 1. The molecular weight excluding hydrogens is 663 g/mol. The van der Waals surface area contributed by atoms with Gasteiger partial charge in [0, 0.05) is 69.7 Å². The van der Waals surface area contributed by atoms with Crippen LogP contribution in [0.5, 0.6) is 5.75 Å². The average Bonchev–Trinajstić information content (AvgIpc) is 3.72. The molecule has 4 heterocycles. The van der Waals surface area contributed by atoms with Gasteiger partial charge < -0.3 is 19.3 Å². The highest BCUT2D eigenvalue weighted by Gasteiger charge is 2.40. The van der Waals surface area contributed by atoms with Gasteiger partial charge in [-0.1, -0.05) is 29.3 Å². The normalized spacial score (nSPS) is 20.8. The van der Waals surface area contributed by atoms with Gasteiger partial charge in [0.2, 0.25) is 0 Å². The zero-order valence-corrected chi connectivity index (χ0v) is 29.9. The molecule has 49 heavy (non-hydrogen) atoms. The lowest BCUT2D eigenvalue weighted by Gasteiger charge is -2.35. The number of amides is 1. The molecule has 3 aromatic carbocycles. The van der Waals surface area contributed by atoms with Crippen molar-refractivity contribution >= 4 is 62.6 Å². The van der Waals surface area contributed by atoms with Crippen LogP contribution in [0, 0.1) is 13.8 Å². The summed E-state index contributed by atoms with van der Waals surface area (Å²) in [6.45, 7) is 11.1. The Kier molecular flexibility index (Phi) is 8.63. The maximum atomic E-state index is 14.8. The number of aryl methyl sites for hydroxylation is 4. The number of carbonyl (C=O) groups is 2. The Morgan fingerprint density at radius 1 is 1.04 bits per heavy atom. The molecule has 2 unspecified atom stereocenters. The predicted molar refractivity (Wildman–Crippen MR) is 194 cm³/mol. The van der Waals surface area contributed by atoms with Crippen LogP contribution < -0.4 is 20.5 Å². The lowest BCUT2D eigenvalue weighted by Crippen LogP contribution is -2.43. The average molecular weight is 704 g/mol. The number of hydrogen-bond acceptors (Lipinski definition) is 6. The molecule has 3 atom stereocenters. The van der Waals surface area contributed by atoms with Gasteiger partial charge in [-0.05, 0) is 94.5 Å². The number of nitrogens with zero attached hydrogens (tertiary/aromatic N) is 4. The van der Waals surface area contributed by atoms with E-state index in [1.54, 1.807) is 28.9 Å². The molecule has 1 amide bonds. The van der Waals surface area contributed by atoms with E-state index in [0.717, 1.165) is 43.9 Å². The molecule has 0 spiro atoms. The molecule has 0 bridgehead atoms. The van der Waals surface area contributed by atoms with Gasteiger partial charge >= 0.3 is 5.97 Å². The summed E-state index contributed by atoms with van der Waals surface area (Å²) in [5.74, 6) is -0.428. The number of fused-ring (bicyclic) bond motifs is 4. The lowest BCUT2D eigenvalue weighted by atomic mass is 9.87. The number of ether oxygens (including phenoxy) is 1. The summed E-state index contributed by atoms with van der Waals surface area (Å²) in [6, 6.07) is 11.4. The van der Waals surface area contributed by atoms with Crippen LogP contribution in [0.3, 0.4) is 0 Å². The number of aromatic carboxylic acids is 1. The third kappa shape index (κ3) is 5.55. The summed E-state index contributed by atoms with van der Waals surface area (Å²) < 4.78 is 10.00. The van der Waals surface area contributed by atoms with Crippen molar-refractivity contribution in [3.63, 3.8) is 0 Å². The van der Waals surface area contributed by atoms with Crippen LogP contribution in [0.25, 0.3) is 21.8 Å². The topological polar surface area (TPSA) is 114 Å². The summed E-state index contributed by atoms with van der Waals surface area (Å²) in [7, 11) is 1.77. The minimum atomic E-state index is -1.07. The van der Waals surface area contributed by atoms with Gasteiger partial charge in [0.15, 0.2) is 0 Å². The van der Waals surface area contributed by atoms with Gasteiger partial charge in [-0.3, -0.25) is 20.3 Å². The second-order valence-electron chi connectivity index (χ2n) is 13.5. The van der Waals surface area contributed by atoms with E-state index in [1.807, 2.05) is 44.2 Å². The third-order valence-electron chi connectivity index (χ3n) is 10.2. The van der Waals surface area contributed by atoms with Crippen molar-refractivity contribution < 1.29 is 19.4 Å². The molecule has 0 saturated carbocycles. The Labute approximate surface area is 294 Å². The van der Waals surface area contributed by atoms with Crippen LogP contribution in [0.15, 0.2) is 42.6 Å². The quantitative estimate of drug-likeness (QED) is 0.145. The van der Waals surface area contributed by atoms with Crippen molar-refractivity contribution in [1.82, 2.24) is 25.2 Å². The van der Waals surface area contributed by atoms with Crippen LogP contribution >= 0.6 is 23.2 Å². The summed E-state index contributed by atoms with van der Waals surface area (Å²) in [4.78, 5) is 28.9. The first-order chi connectivity index (χ1) is 23.4. The van der Waals surface area contributed by atoms with E-state index in [4.69, 9.17) is 27.9 Å². The molecule has 3 N–H and O–H groups in total. The molecule has 2 aliphatic heterocycles.